The molecule has 1 rings (SSSR count). The summed E-state index contributed by atoms with van der Waals surface area (Å²) in [7, 11) is 0. The van der Waals surface area contributed by atoms with Gasteiger partial charge in [-0.1, -0.05) is 34.1 Å². The summed E-state index contributed by atoms with van der Waals surface area (Å²) in [6.45, 7) is 8.52. The van der Waals surface area contributed by atoms with Crippen molar-refractivity contribution >= 4 is 5.97 Å². The fourth-order valence-electron chi connectivity index (χ4n) is 2.45. The van der Waals surface area contributed by atoms with Gasteiger partial charge in [-0.05, 0) is 24.7 Å². The molecule has 14 heavy (non-hydrogen) atoms. The zero-order chi connectivity index (χ0) is 10.7. The van der Waals surface area contributed by atoms with Crippen LogP contribution in [-0.4, -0.2) is 12.1 Å². The largest absolute Gasteiger partial charge is 0.462 e. The second-order valence-corrected chi connectivity index (χ2v) is 4.78. The van der Waals surface area contributed by atoms with E-state index in [1.807, 2.05) is 6.92 Å². The Kier molecular flexibility index (Phi) is 3.97. The van der Waals surface area contributed by atoms with Gasteiger partial charge in [0.25, 0.3) is 0 Å². The molecule has 1 saturated heterocycles. The van der Waals surface area contributed by atoms with Crippen molar-refractivity contribution in [3.05, 3.63) is 0 Å². The standard InChI is InChI=1S/C12H22O2/c1-5-6-8(2)11-9(3)7-10(4)12(13)14-11/h8-11H,5-7H2,1-4H3. The lowest BCUT2D eigenvalue weighted by Gasteiger charge is -2.35. The van der Waals surface area contributed by atoms with Crippen molar-refractivity contribution in [3.63, 3.8) is 0 Å². The highest BCUT2D eigenvalue weighted by Gasteiger charge is 2.35. The van der Waals surface area contributed by atoms with Crippen LogP contribution in [0, 0.1) is 17.8 Å². The second-order valence-electron chi connectivity index (χ2n) is 4.78. The van der Waals surface area contributed by atoms with Crippen LogP contribution in [0.1, 0.15) is 47.0 Å². The lowest BCUT2D eigenvalue weighted by atomic mass is 9.82. The van der Waals surface area contributed by atoms with Gasteiger partial charge < -0.3 is 4.74 Å². The van der Waals surface area contributed by atoms with Gasteiger partial charge >= 0.3 is 5.97 Å². The molecule has 1 heterocycles. The van der Waals surface area contributed by atoms with Crippen LogP contribution in [0.4, 0.5) is 0 Å². The molecule has 0 bridgehead atoms. The molecule has 0 aromatic rings. The van der Waals surface area contributed by atoms with Crippen molar-refractivity contribution < 1.29 is 9.53 Å². The van der Waals surface area contributed by atoms with Crippen molar-refractivity contribution in [1.82, 2.24) is 0 Å². The molecule has 2 nitrogen and oxygen atoms in total. The third-order valence-corrected chi connectivity index (χ3v) is 3.25. The second kappa shape index (κ2) is 4.81. The first-order chi connectivity index (χ1) is 6.56. The average molecular weight is 198 g/mol. The first-order valence-electron chi connectivity index (χ1n) is 5.76. The minimum absolute atomic E-state index is 0.00365. The quantitative estimate of drug-likeness (QED) is 0.652. The van der Waals surface area contributed by atoms with E-state index >= 15 is 0 Å². The molecule has 0 aliphatic carbocycles. The lowest BCUT2D eigenvalue weighted by Crippen LogP contribution is -2.39. The maximum absolute atomic E-state index is 11.4. The Balaban J connectivity index is 2.56. The summed E-state index contributed by atoms with van der Waals surface area (Å²) in [6.07, 6.45) is 3.45. The smallest absolute Gasteiger partial charge is 0.308 e. The summed E-state index contributed by atoms with van der Waals surface area (Å²) in [5, 5.41) is 0. The highest BCUT2D eigenvalue weighted by molar-refractivity contribution is 5.73. The molecule has 4 unspecified atom stereocenters. The van der Waals surface area contributed by atoms with Crippen molar-refractivity contribution in [3.8, 4) is 0 Å². The number of hydrogen-bond acceptors (Lipinski definition) is 2. The highest BCUT2D eigenvalue weighted by Crippen LogP contribution is 2.31. The number of hydrogen-bond donors (Lipinski definition) is 0. The molecular weight excluding hydrogens is 176 g/mol. The molecule has 2 heteroatoms. The van der Waals surface area contributed by atoms with E-state index in [1.54, 1.807) is 0 Å². The van der Waals surface area contributed by atoms with E-state index in [9.17, 15) is 4.79 Å². The fraction of sp³-hybridized carbons (Fsp3) is 0.917. The Morgan fingerprint density at radius 3 is 2.71 bits per heavy atom. The van der Waals surface area contributed by atoms with Crippen molar-refractivity contribution in [1.29, 1.82) is 0 Å². The zero-order valence-electron chi connectivity index (χ0n) is 9.75. The van der Waals surface area contributed by atoms with E-state index in [2.05, 4.69) is 20.8 Å². The summed E-state index contributed by atoms with van der Waals surface area (Å²) in [5.74, 6) is 1.11. The van der Waals surface area contributed by atoms with Gasteiger partial charge in [-0.25, -0.2) is 0 Å². The summed E-state index contributed by atoms with van der Waals surface area (Å²) in [6, 6.07) is 0. The van der Waals surface area contributed by atoms with Crippen LogP contribution in [0.2, 0.25) is 0 Å². The number of ether oxygens (including phenoxy) is 1. The predicted molar refractivity (Wildman–Crippen MR) is 56.9 cm³/mol. The molecule has 0 saturated carbocycles. The van der Waals surface area contributed by atoms with Crippen LogP contribution in [-0.2, 0) is 9.53 Å². The van der Waals surface area contributed by atoms with Crippen LogP contribution >= 0.6 is 0 Å². The van der Waals surface area contributed by atoms with Crippen molar-refractivity contribution in [2.75, 3.05) is 0 Å². The van der Waals surface area contributed by atoms with Gasteiger partial charge in [0.15, 0.2) is 0 Å². The molecule has 1 fully saturated rings. The molecule has 0 aromatic heterocycles. The van der Waals surface area contributed by atoms with Crippen molar-refractivity contribution in [2.45, 2.75) is 53.1 Å². The summed E-state index contributed by atoms with van der Waals surface area (Å²) in [5.41, 5.74) is 0. The normalized spacial score (nSPS) is 35.1. The summed E-state index contributed by atoms with van der Waals surface area (Å²) in [4.78, 5) is 11.4. The van der Waals surface area contributed by atoms with Crippen LogP contribution < -0.4 is 0 Å². The molecule has 0 N–H and O–H groups in total. The molecule has 1 aliphatic heterocycles. The topological polar surface area (TPSA) is 26.3 Å². The predicted octanol–water partition coefficient (Wildman–Crippen LogP) is 3.01. The zero-order valence-corrected chi connectivity index (χ0v) is 9.75. The van der Waals surface area contributed by atoms with E-state index in [1.165, 1.54) is 0 Å². The first-order valence-corrected chi connectivity index (χ1v) is 5.76. The molecule has 82 valence electrons. The third-order valence-electron chi connectivity index (χ3n) is 3.25. The Morgan fingerprint density at radius 2 is 2.14 bits per heavy atom. The van der Waals surface area contributed by atoms with Gasteiger partial charge in [0.1, 0.15) is 6.10 Å². The van der Waals surface area contributed by atoms with E-state index in [4.69, 9.17) is 4.74 Å². The number of rotatable bonds is 3. The number of cyclic esters (lactones) is 1. The molecule has 0 amide bonds. The van der Waals surface area contributed by atoms with Crippen LogP contribution in [0.15, 0.2) is 0 Å². The lowest BCUT2D eigenvalue weighted by molar-refractivity contribution is -0.168. The third kappa shape index (κ3) is 2.49. The fourth-order valence-corrected chi connectivity index (χ4v) is 2.45. The Labute approximate surface area is 87.0 Å². The summed E-state index contributed by atoms with van der Waals surface area (Å²) < 4.78 is 5.49. The monoisotopic (exact) mass is 198 g/mol. The van der Waals surface area contributed by atoms with Crippen LogP contribution in [0.25, 0.3) is 0 Å². The van der Waals surface area contributed by atoms with Crippen LogP contribution in [0.5, 0.6) is 0 Å². The minimum Gasteiger partial charge on any atom is -0.462 e. The number of carbonyl (C=O) groups excluding carboxylic acids is 1. The van der Waals surface area contributed by atoms with Gasteiger partial charge in [0.05, 0.1) is 5.92 Å². The summed E-state index contributed by atoms with van der Waals surface area (Å²) >= 11 is 0. The first kappa shape index (κ1) is 11.5. The van der Waals surface area contributed by atoms with Gasteiger partial charge in [0.2, 0.25) is 0 Å². The number of esters is 1. The SMILES string of the molecule is CCCC(C)C1OC(=O)C(C)CC1C. The molecule has 0 aromatic carbocycles. The van der Waals surface area contributed by atoms with Gasteiger partial charge in [-0.15, -0.1) is 0 Å². The van der Waals surface area contributed by atoms with Gasteiger partial charge in [-0.2, -0.15) is 0 Å². The van der Waals surface area contributed by atoms with Crippen LogP contribution in [0.3, 0.4) is 0 Å². The molecule has 1 aliphatic rings. The maximum atomic E-state index is 11.4. The van der Waals surface area contributed by atoms with E-state index in [0.717, 1.165) is 19.3 Å². The Bertz CT molecular complexity index is 196. The number of carbonyl (C=O) groups is 1. The van der Waals surface area contributed by atoms with E-state index in [0.29, 0.717) is 11.8 Å². The molecular formula is C12H22O2. The van der Waals surface area contributed by atoms with Gasteiger partial charge in [0, 0.05) is 0 Å². The Hall–Kier alpha value is -0.530. The molecule has 0 radical (unpaired) electrons. The average Bonchev–Trinajstić information content (AvgIpc) is 2.11. The Morgan fingerprint density at radius 1 is 1.50 bits per heavy atom. The van der Waals surface area contributed by atoms with Gasteiger partial charge in [-0.3, -0.25) is 4.79 Å². The maximum Gasteiger partial charge on any atom is 0.308 e. The van der Waals surface area contributed by atoms with Crippen molar-refractivity contribution in [2.24, 2.45) is 17.8 Å². The van der Waals surface area contributed by atoms with E-state index < -0.39 is 0 Å². The van der Waals surface area contributed by atoms with E-state index in [-0.39, 0.29) is 18.0 Å². The minimum atomic E-state index is -0.00365. The highest BCUT2D eigenvalue weighted by atomic mass is 16.5. The molecule has 0 spiro atoms. The molecule has 4 atom stereocenters.